The van der Waals surface area contributed by atoms with Crippen molar-refractivity contribution in [3.05, 3.63) is 71.8 Å². The van der Waals surface area contributed by atoms with E-state index in [1.165, 1.54) is 6.92 Å². The minimum atomic E-state index is -0.0186. The molecule has 4 heteroatoms. The van der Waals surface area contributed by atoms with Gasteiger partial charge < -0.3 is 14.6 Å². The van der Waals surface area contributed by atoms with E-state index < -0.39 is 0 Å². The van der Waals surface area contributed by atoms with Gasteiger partial charge in [0, 0.05) is 22.1 Å². The monoisotopic (exact) mass is 358 g/mol. The van der Waals surface area contributed by atoms with Crippen LogP contribution in [0.2, 0.25) is 0 Å². The number of phenolic OH excluding ortho intramolecular Hbond substituents is 2. The van der Waals surface area contributed by atoms with Gasteiger partial charge in [-0.15, -0.1) is 0 Å². The summed E-state index contributed by atoms with van der Waals surface area (Å²) in [5.74, 6) is 0.931. The van der Waals surface area contributed by atoms with E-state index in [2.05, 4.69) is 0 Å². The number of aromatic hydroxyl groups is 2. The molecule has 134 valence electrons. The van der Waals surface area contributed by atoms with E-state index in [4.69, 9.17) is 4.42 Å². The van der Waals surface area contributed by atoms with Gasteiger partial charge in [-0.1, -0.05) is 18.2 Å². The number of aryl methyl sites for hydroxylation is 1. The molecule has 4 rings (SSSR count). The molecule has 4 aromatic rings. The zero-order valence-corrected chi connectivity index (χ0v) is 15.0. The maximum absolute atomic E-state index is 11.8. The van der Waals surface area contributed by atoms with Crippen molar-refractivity contribution in [1.29, 1.82) is 0 Å². The molecular weight excluding hydrogens is 340 g/mol. The molecule has 27 heavy (non-hydrogen) atoms. The van der Waals surface area contributed by atoms with Crippen molar-refractivity contribution in [2.75, 3.05) is 0 Å². The van der Waals surface area contributed by atoms with Crippen LogP contribution < -0.4 is 0 Å². The molecule has 0 spiro atoms. The number of hydrogen-bond donors (Lipinski definition) is 2. The van der Waals surface area contributed by atoms with Crippen molar-refractivity contribution >= 4 is 16.8 Å². The molecule has 4 nitrogen and oxygen atoms in total. The topological polar surface area (TPSA) is 70.7 Å². The van der Waals surface area contributed by atoms with E-state index in [1.807, 2.05) is 25.1 Å². The Hall–Kier alpha value is -3.53. The van der Waals surface area contributed by atoms with Crippen molar-refractivity contribution in [2.24, 2.45) is 0 Å². The van der Waals surface area contributed by atoms with Gasteiger partial charge in [0.25, 0.3) is 0 Å². The molecule has 1 aromatic heterocycles. The average Bonchev–Trinajstić information content (AvgIpc) is 3.02. The second kappa shape index (κ2) is 6.32. The van der Waals surface area contributed by atoms with Crippen molar-refractivity contribution in [3.63, 3.8) is 0 Å². The van der Waals surface area contributed by atoms with Crippen LogP contribution in [0.3, 0.4) is 0 Å². The van der Waals surface area contributed by atoms with Crippen LogP contribution in [-0.2, 0) is 0 Å². The molecule has 0 aliphatic heterocycles. The third-order valence-corrected chi connectivity index (χ3v) is 4.65. The number of hydrogen-bond acceptors (Lipinski definition) is 4. The Morgan fingerprint density at radius 2 is 1.63 bits per heavy atom. The summed E-state index contributed by atoms with van der Waals surface area (Å²) in [5.41, 5.74) is 4.53. The zero-order valence-electron chi connectivity index (χ0n) is 15.0. The molecule has 0 amide bonds. The number of benzene rings is 3. The van der Waals surface area contributed by atoms with Crippen molar-refractivity contribution < 1.29 is 19.4 Å². The zero-order chi connectivity index (χ0) is 19.1. The Morgan fingerprint density at radius 3 is 2.33 bits per heavy atom. The summed E-state index contributed by atoms with van der Waals surface area (Å²) in [5, 5.41) is 20.5. The predicted octanol–water partition coefficient (Wildman–Crippen LogP) is 5.69. The average molecular weight is 358 g/mol. The van der Waals surface area contributed by atoms with Gasteiger partial charge in [0.15, 0.2) is 5.78 Å². The van der Waals surface area contributed by atoms with Crippen molar-refractivity contribution in [2.45, 2.75) is 13.8 Å². The SMILES string of the molecule is CC(=O)c1cccc(-c2c(-c3ccc(O)cc3)oc3c(C)cc(O)cc23)c1. The first-order chi connectivity index (χ1) is 12.9. The largest absolute Gasteiger partial charge is 0.508 e. The van der Waals surface area contributed by atoms with Gasteiger partial charge >= 0.3 is 0 Å². The highest BCUT2D eigenvalue weighted by atomic mass is 16.3. The van der Waals surface area contributed by atoms with E-state index in [-0.39, 0.29) is 17.3 Å². The van der Waals surface area contributed by atoms with Gasteiger partial charge in [0.2, 0.25) is 0 Å². The van der Waals surface area contributed by atoms with Gasteiger partial charge in [-0.2, -0.15) is 0 Å². The van der Waals surface area contributed by atoms with Crippen LogP contribution in [0.4, 0.5) is 0 Å². The third kappa shape index (κ3) is 2.95. The first-order valence-electron chi connectivity index (χ1n) is 8.61. The van der Waals surface area contributed by atoms with Gasteiger partial charge in [0.1, 0.15) is 22.8 Å². The maximum Gasteiger partial charge on any atom is 0.159 e. The van der Waals surface area contributed by atoms with E-state index in [0.29, 0.717) is 16.9 Å². The molecule has 0 saturated heterocycles. The summed E-state index contributed by atoms with van der Waals surface area (Å²) in [7, 11) is 0. The molecule has 3 aromatic carbocycles. The van der Waals surface area contributed by atoms with Gasteiger partial charge in [-0.3, -0.25) is 4.79 Å². The fourth-order valence-electron chi connectivity index (χ4n) is 3.35. The fourth-order valence-corrected chi connectivity index (χ4v) is 3.35. The lowest BCUT2D eigenvalue weighted by molar-refractivity contribution is 0.101. The van der Waals surface area contributed by atoms with E-state index in [1.54, 1.807) is 42.5 Å². The van der Waals surface area contributed by atoms with Crippen LogP contribution in [0.25, 0.3) is 33.4 Å². The Morgan fingerprint density at radius 1 is 0.889 bits per heavy atom. The van der Waals surface area contributed by atoms with Crippen LogP contribution >= 0.6 is 0 Å². The normalized spacial score (nSPS) is 11.0. The summed E-state index contributed by atoms with van der Waals surface area (Å²) >= 11 is 0. The fraction of sp³-hybridized carbons (Fsp3) is 0.0870. The number of carbonyl (C=O) groups is 1. The minimum absolute atomic E-state index is 0.0186. The molecule has 2 N–H and O–H groups in total. The first kappa shape index (κ1) is 16.9. The van der Waals surface area contributed by atoms with Crippen molar-refractivity contribution in [3.8, 4) is 33.9 Å². The molecule has 0 unspecified atom stereocenters. The van der Waals surface area contributed by atoms with Crippen molar-refractivity contribution in [1.82, 2.24) is 0 Å². The highest BCUT2D eigenvalue weighted by molar-refractivity contribution is 6.04. The Labute approximate surface area is 156 Å². The standard InChI is InChI=1S/C23H18O4/c1-13-10-19(26)12-20-21(17-5-3-4-16(11-17)14(2)24)23(27-22(13)20)15-6-8-18(25)9-7-15/h3-12,25-26H,1-2H3. The van der Waals surface area contributed by atoms with Crippen LogP contribution in [-0.4, -0.2) is 16.0 Å². The Kier molecular flexibility index (Phi) is 3.96. The molecule has 0 aliphatic rings. The number of rotatable bonds is 3. The van der Waals surface area contributed by atoms with Gasteiger partial charge in [-0.25, -0.2) is 0 Å². The lowest BCUT2D eigenvalue weighted by Gasteiger charge is -2.06. The Balaban J connectivity index is 2.07. The summed E-state index contributed by atoms with van der Waals surface area (Å²) in [6, 6.07) is 17.4. The lowest BCUT2D eigenvalue weighted by Crippen LogP contribution is -1.92. The maximum atomic E-state index is 11.8. The lowest BCUT2D eigenvalue weighted by atomic mass is 9.96. The third-order valence-electron chi connectivity index (χ3n) is 4.65. The summed E-state index contributed by atoms with van der Waals surface area (Å²) in [6.07, 6.45) is 0. The van der Waals surface area contributed by atoms with Crippen LogP contribution in [0.15, 0.2) is 65.1 Å². The number of phenols is 2. The van der Waals surface area contributed by atoms with Crippen LogP contribution in [0.1, 0.15) is 22.8 Å². The first-order valence-corrected chi connectivity index (χ1v) is 8.61. The summed E-state index contributed by atoms with van der Waals surface area (Å²) < 4.78 is 6.19. The molecular formula is C23H18O4. The summed E-state index contributed by atoms with van der Waals surface area (Å²) in [4.78, 5) is 11.8. The number of furan rings is 1. The van der Waals surface area contributed by atoms with Crippen LogP contribution in [0.5, 0.6) is 11.5 Å². The van der Waals surface area contributed by atoms with E-state index in [9.17, 15) is 15.0 Å². The molecule has 0 atom stereocenters. The molecule has 0 radical (unpaired) electrons. The summed E-state index contributed by atoms with van der Waals surface area (Å²) in [6.45, 7) is 3.41. The second-order valence-electron chi connectivity index (χ2n) is 6.63. The number of ketones is 1. The molecule has 0 fully saturated rings. The number of Topliss-reactive ketones (excluding diaryl/α,β-unsaturated/α-hetero) is 1. The Bertz CT molecular complexity index is 1170. The molecule has 0 saturated carbocycles. The quantitative estimate of drug-likeness (QED) is 0.462. The molecule has 0 aliphatic carbocycles. The van der Waals surface area contributed by atoms with E-state index in [0.717, 1.165) is 27.6 Å². The highest BCUT2D eigenvalue weighted by Gasteiger charge is 2.20. The second-order valence-corrected chi connectivity index (χ2v) is 6.63. The number of carbonyl (C=O) groups excluding carboxylic acids is 1. The molecule has 1 heterocycles. The van der Waals surface area contributed by atoms with Crippen LogP contribution in [0, 0.1) is 6.92 Å². The number of fused-ring (bicyclic) bond motifs is 1. The smallest absolute Gasteiger partial charge is 0.159 e. The van der Waals surface area contributed by atoms with E-state index >= 15 is 0 Å². The predicted molar refractivity (Wildman–Crippen MR) is 105 cm³/mol. The van der Waals surface area contributed by atoms with Gasteiger partial charge in [0.05, 0.1) is 0 Å². The van der Waals surface area contributed by atoms with Gasteiger partial charge in [-0.05, 0) is 67.4 Å². The molecule has 0 bridgehead atoms. The minimum Gasteiger partial charge on any atom is -0.508 e. The highest BCUT2D eigenvalue weighted by Crippen LogP contribution is 2.43.